The number of hydrazine groups is 1. The second-order valence-electron chi connectivity index (χ2n) is 7.06. The molecule has 0 aliphatic carbocycles. The van der Waals surface area contributed by atoms with Crippen molar-refractivity contribution in [3.63, 3.8) is 0 Å². The van der Waals surface area contributed by atoms with E-state index in [-0.39, 0.29) is 11.6 Å². The standard InChI is InChI=1S/C17H23F3N2O2/c1-5-11-9-13(15(23)24-16(2,3)4)12-8-10(17(18,19)20)6-7-14(12)22(11)21/h6-8,11,13H,5,9,21H2,1-4H3/t11-,13+/m1/s1. The molecular formula is C17H23F3N2O2. The van der Waals surface area contributed by atoms with Crippen LogP contribution in [0.3, 0.4) is 0 Å². The molecule has 0 radical (unpaired) electrons. The monoisotopic (exact) mass is 344 g/mol. The molecule has 7 heteroatoms. The van der Waals surface area contributed by atoms with Crippen LogP contribution in [0.25, 0.3) is 0 Å². The number of nitrogens with zero attached hydrogens (tertiary/aromatic N) is 1. The van der Waals surface area contributed by atoms with Crippen LogP contribution >= 0.6 is 0 Å². The number of carbonyl (C=O) groups excluding carboxylic acids is 1. The number of halogens is 3. The second kappa shape index (κ2) is 6.27. The Hall–Kier alpha value is -1.76. The molecule has 2 atom stereocenters. The molecule has 1 aromatic carbocycles. The Kier molecular flexibility index (Phi) is 4.86. The molecule has 0 spiro atoms. The molecule has 134 valence electrons. The van der Waals surface area contributed by atoms with Gasteiger partial charge in [-0.25, -0.2) is 5.84 Å². The number of carbonyl (C=O) groups is 1. The van der Waals surface area contributed by atoms with Crippen LogP contribution in [-0.2, 0) is 15.7 Å². The quantitative estimate of drug-likeness (QED) is 0.651. The normalized spacial score (nSPS) is 21.4. The minimum absolute atomic E-state index is 0.133. The molecule has 4 nitrogen and oxygen atoms in total. The maximum atomic E-state index is 13.0. The number of nitrogens with two attached hydrogens (primary N) is 1. The van der Waals surface area contributed by atoms with Gasteiger partial charge in [-0.1, -0.05) is 6.92 Å². The van der Waals surface area contributed by atoms with Crippen molar-refractivity contribution in [1.29, 1.82) is 0 Å². The average molecular weight is 344 g/mol. The third kappa shape index (κ3) is 3.83. The number of fused-ring (bicyclic) bond motifs is 1. The molecule has 2 N–H and O–H groups in total. The number of hydrogen-bond acceptors (Lipinski definition) is 4. The lowest BCUT2D eigenvalue weighted by atomic mass is 9.84. The zero-order chi connectivity index (χ0) is 18.3. The molecule has 1 aliphatic heterocycles. The Morgan fingerprint density at radius 3 is 2.46 bits per heavy atom. The van der Waals surface area contributed by atoms with Gasteiger partial charge >= 0.3 is 12.1 Å². The molecule has 0 unspecified atom stereocenters. The van der Waals surface area contributed by atoms with Gasteiger partial charge in [-0.2, -0.15) is 13.2 Å². The number of alkyl halides is 3. The Bertz CT molecular complexity index is 623. The highest BCUT2D eigenvalue weighted by molar-refractivity contribution is 5.82. The SMILES string of the molecule is CC[C@@H]1C[C@H](C(=O)OC(C)(C)C)c2cc(C(F)(F)F)ccc2N1N. The molecule has 0 bridgehead atoms. The minimum Gasteiger partial charge on any atom is -0.459 e. The summed E-state index contributed by atoms with van der Waals surface area (Å²) in [4.78, 5) is 12.5. The maximum Gasteiger partial charge on any atom is 0.416 e. The first-order valence-corrected chi connectivity index (χ1v) is 7.92. The van der Waals surface area contributed by atoms with Gasteiger partial charge in [-0.3, -0.25) is 4.79 Å². The molecule has 1 heterocycles. The van der Waals surface area contributed by atoms with Crippen LogP contribution in [0.15, 0.2) is 18.2 Å². The second-order valence-corrected chi connectivity index (χ2v) is 7.06. The lowest BCUT2D eigenvalue weighted by Gasteiger charge is -2.39. The number of esters is 1. The summed E-state index contributed by atoms with van der Waals surface area (Å²) in [6.07, 6.45) is -3.47. The summed E-state index contributed by atoms with van der Waals surface area (Å²) in [5.41, 5.74) is -0.790. The van der Waals surface area contributed by atoms with E-state index in [0.717, 1.165) is 12.1 Å². The van der Waals surface area contributed by atoms with Gasteiger partial charge in [0.05, 0.1) is 17.2 Å². The van der Waals surface area contributed by atoms with Crippen molar-refractivity contribution in [3.8, 4) is 0 Å². The molecule has 1 aliphatic rings. The van der Waals surface area contributed by atoms with E-state index in [1.807, 2.05) is 6.92 Å². The summed E-state index contributed by atoms with van der Waals surface area (Å²) in [6, 6.07) is 3.20. The minimum atomic E-state index is -4.48. The fourth-order valence-electron chi connectivity index (χ4n) is 2.91. The van der Waals surface area contributed by atoms with Crippen LogP contribution in [0.5, 0.6) is 0 Å². The predicted molar refractivity (Wildman–Crippen MR) is 85.4 cm³/mol. The number of benzene rings is 1. The van der Waals surface area contributed by atoms with Crippen molar-refractivity contribution in [2.45, 2.75) is 64.3 Å². The third-order valence-electron chi connectivity index (χ3n) is 4.07. The molecule has 0 fully saturated rings. The molecule has 0 amide bonds. The fourth-order valence-corrected chi connectivity index (χ4v) is 2.91. The average Bonchev–Trinajstić information content (AvgIpc) is 2.44. The van der Waals surface area contributed by atoms with Crippen LogP contribution in [-0.4, -0.2) is 17.6 Å². The van der Waals surface area contributed by atoms with Crippen molar-refractivity contribution < 1.29 is 22.7 Å². The smallest absolute Gasteiger partial charge is 0.416 e. The van der Waals surface area contributed by atoms with Gasteiger partial charge in [0, 0.05) is 6.04 Å². The molecule has 2 rings (SSSR count). The molecule has 0 aromatic heterocycles. The summed E-state index contributed by atoms with van der Waals surface area (Å²) in [7, 11) is 0. The highest BCUT2D eigenvalue weighted by Crippen LogP contribution is 2.42. The first-order valence-electron chi connectivity index (χ1n) is 7.92. The molecule has 1 aromatic rings. The Balaban J connectivity index is 2.49. The highest BCUT2D eigenvalue weighted by atomic mass is 19.4. The van der Waals surface area contributed by atoms with Gasteiger partial charge < -0.3 is 9.75 Å². The summed E-state index contributed by atoms with van der Waals surface area (Å²) in [5, 5.41) is 1.45. The molecule has 0 saturated carbocycles. The highest BCUT2D eigenvalue weighted by Gasteiger charge is 2.39. The number of rotatable bonds is 2. The van der Waals surface area contributed by atoms with Crippen LogP contribution in [0.1, 0.15) is 57.6 Å². The molecule has 0 saturated heterocycles. The first-order chi connectivity index (χ1) is 10.9. The van der Waals surface area contributed by atoms with E-state index in [2.05, 4.69) is 0 Å². The molecule has 24 heavy (non-hydrogen) atoms. The third-order valence-corrected chi connectivity index (χ3v) is 4.07. The van der Waals surface area contributed by atoms with Gasteiger partial charge in [-0.15, -0.1) is 0 Å². The summed E-state index contributed by atoms with van der Waals surface area (Å²) >= 11 is 0. The van der Waals surface area contributed by atoms with Gasteiger partial charge in [0.25, 0.3) is 0 Å². The van der Waals surface area contributed by atoms with Crippen molar-refractivity contribution >= 4 is 11.7 Å². The van der Waals surface area contributed by atoms with Crippen molar-refractivity contribution in [2.24, 2.45) is 5.84 Å². The maximum absolute atomic E-state index is 13.0. The van der Waals surface area contributed by atoms with Crippen LogP contribution in [0.4, 0.5) is 18.9 Å². The van der Waals surface area contributed by atoms with Gasteiger partial charge in [0.15, 0.2) is 0 Å². The Morgan fingerprint density at radius 2 is 1.96 bits per heavy atom. The van der Waals surface area contributed by atoms with E-state index in [9.17, 15) is 18.0 Å². The summed E-state index contributed by atoms with van der Waals surface area (Å²) in [5.74, 6) is 4.77. The fraction of sp³-hybridized carbons (Fsp3) is 0.588. The Morgan fingerprint density at radius 1 is 1.33 bits per heavy atom. The van der Waals surface area contributed by atoms with Crippen molar-refractivity contribution in [1.82, 2.24) is 0 Å². The van der Waals surface area contributed by atoms with Crippen molar-refractivity contribution in [2.75, 3.05) is 5.01 Å². The van der Waals surface area contributed by atoms with Gasteiger partial charge in [0.1, 0.15) is 5.60 Å². The van der Waals surface area contributed by atoms with Crippen LogP contribution in [0, 0.1) is 0 Å². The van der Waals surface area contributed by atoms with Crippen LogP contribution in [0.2, 0.25) is 0 Å². The zero-order valence-electron chi connectivity index (χ0n) is 14.3. The lowest BCUT2D eigenvalue weighted by molar-refractivity contribution is -0.157. The first kappa shape index (κ1) is 18.6. The van der Waals surface area contributed by atoms with E-state index in [4.69, 9.17) is 10.6 Å². The molecular weight excluding hydrogens is 321 g/mol. The van der Waals surface area contributed by atoms with E-state index in [1.165, 1.54) is 11.1 Å². The largest absolute Gasteiger partial charge is 0.459 e. The Labute approximate surface area is 139 Å². The summed E-state index contributed by atoms with van der Waals surface area (Å²) < 4.78 is 44.5. The van der Waals surface area contributed by atoms with Crippen molar-refractivity contribution in [3.05, 3.63) is 29.3 Å². The zero-order valence-corrected chi connectivity index (χ0v) is 14.3. The number of hydrogen-bond donors (Lipinski definition) is 1. The van der Waals surface area contributed by atoms with Crippen LogP contribution < -0.4 is 10.9 Å². The summed E-state index contributed by atoms with van der Waals surface area (Å²) in [6.45, 7) is 7.11. The van der Waals surface area contributed by atoms with E-state index < -0.39 is 29.2 Å². The predicted octanol–water partition coefficient (Wildman–Crippen LogP) is 3.99. The topological polar surface area (TPSA) is 55.6 Å². The number of ether oxygens (including phenoxy) is 1. The van der Waals surface area contributed by atoms with E-state index in [1.54, 1.807) is 20.8 Å². The number of anilines is 1. The van der Waals surface area contributed by atoms with E-state index >= 15 is 0 Å². The van der Waals surface area contributed by atoms with Gasteiger partial charge in [0.2, 0.25) is 0 Å². The lowest BCUT2D eigenvalue weighted by Crippen LogP contribution is -2.47. The van der Waals surface area contributed by atoms with E-state index in [0.29, 0.717) is 18.5 Å². The van der Waals surface area contributed by atoms with Gasteiger partial charge in [-0.05, 0) is 57.4 Å².